The van der Waals surface area contributed by atoms with Crippen molar-refractivity contribution in [3.63, 3.8) is 0 Å². The maximum atomic E-state index is 3.77. The lowest BCUT2D eigenvalue weighted by atomic mass is 9.86. The van der Waals surface area contributed by atoms with Crippen molar-refractivity contribution in [1.29, 1.82) is 0 Å². The molecule has 1 aliphatic heterocycles. The van der Waals surface area contributed by atoms with Gasteiger partial charge in [-0.25, -0.2) is 0 Å². The highest BCUT2D eigenvalue weighted by Gasteiger charge is 2.35. The van der Waals surface area contributed by atoms with Gasteiger partial charge in [0.1, 0.15) is 0 Å². The molecular weight excluding hydrogens is 246 g/mol. The van der Waals surface area contributed by atoms with Gasteiger partial charge in [-0.05, 0) is 80.7 Å². The SMILES string of the molecule is CC(C)=CCCC(C)NCC1(N(C)C)CCN(C)CC1. The van der Waals surface area contributed by atoms with Crippen molar-refractivity contribution >= 4 is 0 Å². The number of hydrogen-bond acceptors (Lipinski definition) is 3. The van der Waals surface area contributed by atoms with Crippen molar-refractivity contribution in [3.8, 4) is 0 Å². The van der Waals surface area contributed by atoms with Gasteiger partial charge in [-0.2, -0.15) is 0 Å². The second kappa shape index (κ2) is 8.16. The largest absolute Gasteiger partial charge is 0.312 e. The van der Waals surface area contributed by atoms with Crippen LogP contribution in [0.3, 0.4) is 0 Å². The summed E-state index contributed by atoms with van der Waals surface area (Å²) in [6.45, 7) is 10.2. The molecule has 1 unspecified atom stereocenters. The number of allylic oxidation sites excluding steroid dienone is 2. The second-order valence-corrected chi connectivity index (χ2v) is 7.06. The number of nitrogens with zero attached hydrogens (tertiary/aromatic N) is 2. The molecule has 20 heavy (non-hydrogen) atoms. The Morgan fingerprint density at radius 1 is 1.30 bits per heavy atom. The first-order chi connectivity index (χ1) is 9.35. The van der Waals surface area contributed by atoms with E-state index in [0.29, 0.717) is 11.6 Å². The van der Waals surface area contributed by atoms with Crippen LogP contribution in [-0.2, 0) is 0 Å². The van der Waals surface area contributed by atoms with E-state index in [4.69, 9.17) is 0 Å². The maximum Gasteiger partial charge on any atom is 0.0352 e. The molecule has 0 aromatic heterocycles. The van der Waals surface area contributed by atoms with Gasteiger partial charge in [-0.15, -0.1) is 0 Å². The lowest BCUT2D eigenvalue weighted by Crippen LogP contribution is -2.58. The lowest BCUT2D eigenvalue weighted by molar-refractivity contribution is 0.0637. The summed E-state index contributed by atoms with van der Waals surface area (Å²) in [6, 6.07) is 0.599. The minimum absolute atomic E-state index is 0.345. The Morgan fingerprint density at radius 3 is 2.40 bits per heavy atom. The highest BCUT2D eigenvalue weighted by molar-refractivity contribution is 4.96. The van der Waals surface area contributed by atoms with Gasteiger partial charge < -0.3 is 15.1 Å². The predicted molar refractivity (Wildman–Crippen MR) is 89.3 cm³/mol. The molecule has 1 atom stereocenters. The number of nitrogens with one attached hydrogen (secondary N) is 1. The smallest absolute Gasteiger partial charge is 0.0352 e. The molecule has 3 heteroatoms. The maximum absolute atomic E-state index is 3.77. The average molecular weight is 281 g/mol. The molecule has 0 aliphatic carbocycles. The normalized spacial score (nSPS) is 20.9. The van der Waals surface area contributed by atoms with Crippen molar-refractivity contribution in [2.24, 2.45) is 0 Å². The van der Waals surface area contributed by atoms with Crippen molar-refractivity contribution in [2.45, 2.75) is 58.0 Å². The van der Waals surface area contributed by atoms with Crippen LogP contribution in [0.15, 0.2) is 11.6 Å². The second-order valence-electron chi connectivity index (χ2n) is 7.06. The molecule has 0 aromatic carbocycles. The van der Waals surface area contributed by atoms with Crippen LogP contribution in [0.4, 0.5) is 0 Å². The summed E-state index contributed by atoms with van der Waals surface area (Å²) >= 11 is 0. The fourth-order valence-corrected chi connectivity index (χ4v) is 2.91. The van der Waals surface area contributed by atoms with Gasteiger partial charge >= 0.3 is 0 Å². The van der Waals surface area contributed by atoms with Crippen LogP contribution in [0, 0.1) is 0 Å². The zero-order valence-corrected chi connectivity index (χ0v) is 14.5. The predicted octanol–water partition coefficient (Wildman–Crippen LogP) is 2.74. The fraction of sp³-hybridized carbons (Fsp3) is 0.882. The van der Waals surface area contributed by atoms with Crippen LogP contribution in [0.2, 0.25) is 0 Å². The Morgan fingerprint density at radius 2 is 1.90 bits per heavy atom. The molecule has 0 radical (unpaired) electrons. The van der Waals surface area contributed by atoms with Gasteiger partial charge in [0.15, 0.2) is 0 Å². The summed E-state index contributed by atoms with van der Waals surface area (Å²) in [5.74, 6) is 0. The van der Waals surface area contributed by atoms with E-state index in [-0.39, 0.29) is 0 Å². The summed E-state index contributed by atoms with van der Waals surface area (Å²) in [7, 11) is 6.71. The molecule has 1 aliphatic rings. The zero-order valence-electron chi connectivity index (χ0n) is 14.5. The number of likely N-dealkylation sites (tertiary alicyclic amines) is 1. The monoisotopic (exact) mass is 281 g/mol. The number of rotatable bonds is 7. The van der Waals surface area contributed by atoms with Crippen molar-refractivity contribution in [1.82, 2.24) is 15.1 Å². The fourth-order valence-electron chi connectivity index (χ4n) is 2.91. The average Bonchev–Trinajstić information content (AvgIpc) is 2.37. The van der Waals surface area contributed by atoms with E-state index in [0.717, 1.165) is 6.54 Å². The summed E-state index contributed by atoms with van der Waals surface area (Å²) in [5, 5.41) is 3.77. The Hall–Kier alpha value is -0.380. The van der Waals surface area contributed by atoms with Crippen LogP contribution in [0.25, 0.3) is 0 Å². The van der Waals surface area contributed by atoms with Crippen LogP contribution in [-0.4, -0.2) is 62.2 Å². The van der Waals surface area contributed by atoms with E-state index in [1.54, 1.807) is 0 Å². The minimum atomic E-state index is 0.345. The Bertz CT molecular complexity index is 297. The van der Waals surface area contributed by atoms with Crippen LogP contribution in [0.5, 0.6) is 0 Å². The third kappa shape index (κ3) is 5.55. The first kappa shape index (κ1) is 17.7. The zero-order chi connectivity index (χ0) is 15.2. The molecule has 0 saturated carbocycles. The quantitative estimate of drug-likeness (QED) is 0.724. The molecule has 118 valence electrons. The molecule has 1 fully saturated rings. The van der Waals surface area contributed by atoms with Gasteiger partial charge in [-0.1, -0.05) is 11.6 Å². The number of hydrogen-bond donors (Lipinski definition) is 1. The number of piperidine rings is 1. The first-order valence-corrected chi connectivity index (χ1v) is 8.08. The van der Waals surface area contributed by atoms with Crippen molar-refractivity contribution in [3.05, 3.63) is 11.6 Å². The Kier molecular flexibility index (Phi) is 7.21. The molecule has 1 N–H and O–H groups in total. The molecule has 3 nitrogen and oxygen atoms in total. The van der Waals surface area contributed by atoms with Gasteiger partial charge in [0, 0.05) is 18.1 Å². The summed E-state index contributed by atoms with van der Waals surface area (Å²) < 4.78 is 0. The van der Waals surface area contributed by atoms with Gasteiger partial charge in [0.2, 0.25) is 0 Å². The molecular formula is C17H35N3. The molecule has 0 spiro atoms. The molecule has 1 rings (SSSR count). The van der Waals surface area contributed by atoms with E-state index in [1.807, 2.05) is 0 Å². The van der Waals surface area contributed by atoms with Crippen molar-refractivity contribution in [2.75, 3.05) is 40.8 Å². The molecule has 1 saturated heterocycles. The Balaban J connectivity index is 2.41. The minimum Gasteiger partial charge on any atom is -0.312 e. The van der Waals surface area contributed by atoms with E-state index >= 15 is 0 Å². The summed E-state index contributed by atoms with van der Waals surface area (Å²) in [6.07, 6.45) is 7.30. The molecule has 0 amide bonds. The standard InChI is InChI=1S/C17H35N3/c1-15(2)8-7-9-16(3)18-14-17(19(4)5)10-12-20(6)13-11-17/h8,16,18H,7,9-14H2,1-6H3. The van der Waals surface area contributed by atoms with E-state index in [2.05, 4.69) is 63.1 Å². The third-order valence-corrected chi connectivity index (χ3v) is 4.80. The molecule has 0 bridgehead atoms. The van der Waals surface area contributed by atoms with E-state index in [9.17, 15) is 0 Å². The van der Waals surface area contributed by atoms with Gasteiger partial charge in [-0.3, -0.25) is 0 Å². The molecule has 1 heterocycles. The van der Waals surface area contributed by atoms with E-state index in [1.165, 1.54) is 44.3 Å². The van der Waals surface area contributed by atoms with E-state index < -0.39 is 0 Å². The highest BCUT2D eigenvalue weighted by atomic mass is 15.2. The summed E-state index contributed by atoms with van der Waals surface area (Å²) in [4.78, 5) is 4.88. The van der Waals surface area contributed by atoms with Gasteiger partial charge in [0.05, 0.1) is 0 Å². The summed E-state index contributed by atoms with van der Waals surface area (Å²) in [5.41, 5.74) is 1.77. The van der Waals surface area contributed by atoms with Crippen LogP contribution >= 0.6 is 0 Å². The third-order valence-electron chi connectivity index (χ3n) is 4.80. The van der Waals surface area contributed by atoms with Crippen molar-refractivity contribution < 1.29 is 0 Å². The molecule has 0 aromatic rings. The van der Waals surface area contributed by atoms with Crippen LogP contribution in [0.1, 0.15) is 46.5 Å². The topological polar surface area (TPSA) is 18.5 Å². The van der Waals surface area contributed by atoms with Gasteiger partial charge in [0.25, 0.3) is 0 Å². The Labute approximate surface area is 126 Å². The number of likely N-dealkylation sites (N-methyl/N-ethyl adjacent to an activating group) is 1. The van der Waals surface area contributed by atoms with Crippen LogP contribution < -0.4 is 5.32 Å². The highest BCUT2D eigenvalue weighted by Crippen LogP contribution is 2.26. The first-order valence-electron chi connectivity index (χ1n) is 8.08. The lowest BCUT2D eigenvalue weighted by Gasteiger charge is -2.46.